The van der Waals surface area contributed by atoms with Crippen LogP contribution in [0.15, 0.2) is 18.2 Å². The third-order valence-corrected chi connectivity index (χ3v) is 4.55. The summed E-state index contributed by atoms with van der Waals surface area (Å²) in [6.45, 7) is 2.22. The van der Waals surface area contributed by atoms with Crippen molar-refractivity contribution >= 4 is 28.5 Å². The Balaban J connectivity index is 1.69. The van der Waals surface area contributed by atoms with Gasteiger partial charge in [0.05, 0.1) is 6.61 Å². The molecule has 1 aromatic carbocycles. The predicted octanol–water partition coefficient (Wildman–Crippen LogP) is 2.49. The van der Waals surface area contributed by atoms with Gasteiger partial charge >= 0.3 is 5.97 Å². The molecule has 3 heterocycles. The molecule has 0 radical (unpaired) electrons. The Labute approximate surface area is 121 Å². The molecule has 1 saturated heterocycles. The lowest BCUT2D eigenvalue weighted by atomic mass is 10.0. The van der Waals surface area contributed by atoms with Crippen LogP contribution in [0.1, 0.15) is 17.7 Å². The van der Waals surface area contributed by atoms with Crippen molar-refractivity contribution in [1.82, 2.24) is 9.88 Å². The average molecular weight is 291 g/mol. The molecular weight excluding hydrogens is 276 g/mol. The van der Waals surface area contributed by atoms with Crippen LogP contribution in [0.2, 0.25) is 5.02 Å². The number of cyclic esters (lactones) is 1. The smallest absolute Gasteiger partial charge is 0.323 e. The van der Waals surface area contributed by atoms with E-state index in [1.54, 1.807) is 0 Å². The van der Waals surface area contributed by atoms with Crippen LogP contribution in [0.3, 0.4) is 0 Å². The number of benzene rings is 1. The van der Waals surface area contributed by atoms with Gasteiger partial charge in [-0.3, -0.25) is 9.69 Å². The number of aromatic amines is 1. The number of fused-ring (bicyclic) bond motifs is 3. The van der Waals surface area contributed by atoms with Crippen LogP contribution in [-0.2, 0) is 22.5 Å². The van der Waals surface area contributed by atoms with Gasteiger partial charge in [0.1, 0.15) is 6.04 Å². The van der Waals surface area contributed by atoms with E-state index in [0.717, 1.165) is 36.5 Å². The number of aromatic nitrogens is 1. The second-order valence-corrected chi connectivity index (χ2v) is 5.90. The van der Waals surface area contributed by atoms with Crippen molar-refractivity contribution in [3.05, 3.63) is 34.5 Å². The predicted molar refractivity (Wildman–Crippen MR) is 76.8 cm³/mol. The molecule has 104 valence electrons. The standard InChI is InChI=1S/C15H15ClN2O2/c16-9-1-2-12-11(7-9)10-3-5-18(8-13(10)17-12)14-4-6-20-15(14)19/h1-2,7,14,17H,3-6,8H2. The normalized spacial score (nSPS) is 23.1. The zero-order valence-corrected chi connectivity index (χ0v) is 11.7. The van der Waals surface area contributed by atoms with Crippen LogP contribution < -0.4 is 0 Å². The van der Waals surface area contributed by atoms with Crippen molar-refractivity contribution in [3.63, 3.8) is 0 Å². The number of nitrogens with one attached hydrogen (secondary N) is 1. The first kappa shape index (κ1) is 12.2. The van der Waals surface area contributed by atoms with Crippen LogP contribution in [0.5, 0.6) is 0 Å². The van der Waals surface area contributed by atoms with Crippen LogP contribution in [-0.4, -0.2) is 35.0 Å². The molecule has 4 rings (SSSR count). The van der Waals surface area contributed by atoms with Gasteiger partial charge < -0.3 is 9.72 Å². The number of esters is 1. The molecule has 1 unspecified atom stereocenters. The molecule has 20 heavy (non-hydrogen) atoms. The lowest BCUT2D eigenvalue weighted by Crippen LogP contribution is -2.41. The molecule has 1 fully saturated rings. The fraction of sp³-hybridized carbons (Fsp3) is 0.400. The Hall–Kier alpha value is -1.52. The lowest BCUT2D eigenvalue weighted by molar-refractivity contribution is -0.142. The fourth-order valence-corrected chi connectivity index (χ4v) is 3.49. The van der Waals surface area contributed by atoms with E-state index in [2.05, 4.69) is 9.88 Å². The quantitative estimate of drug-likeness (QED) is 0.821. The van der Waals surface area contributed by atoms with Gasteiger partial charge in [-0.25, -0.2) is 0 Å². The minimum absolute atomic E-state index is 0.0712. The van der Waals surface area contributed by atoms with Crippen molar-refractivity contribution in [3.8, 4) is 0 Å². The molecule has 2 aromatic rings. The van der Waals surface area contributed by atoms with E-state index < -0.39 is 0 Å². The Morgan fingerprint density at radius 1 is 1.40 bits per heavy atom. The van der Waals surface area contributed by atoms with Gasteiger partial charge in [0.2, 0.25) is 0 Å². The number of hydrogen-bond donors (Lipinski definition) is 1. The molecule has 5 heteroatoms. The third kappa shape index (κ3) is 1.83. The number of H-pyrrole nitrogens is 1. The summed E-state index contributed by atoms with van der Waals surface area (Å²) in [7, 11) is 0. The second-order valence-electron chi connectivity index (χ2n) is 5.46. The molecule has 4 nitrogen and oxygen atoms in total. The number of carbonyl (C=O) groups is 1. The Morgan fingerprint density at radius 3 is 3.10 bits per heavy atom. The minimum Gasteiger partial charge on any atom is -0.464 e. The molecule has 2 aliphatic heterocycles. The SMILES string of the molecule is O=C1OCCC1N1CCc2c([nH]c3ccc(Cl)cc23)C1. The molecule has 0 bridgehead atoms. The van der Waals surface area contributed by atoms with Crippen LogP contribution >= 0.6 is 11.6 Å². The highest BCUT2D eigenvalue weighted by molar-refractivity contribution is 6.31. The highest BCUT2D eigenvalue weighted by atomic mass is 35.5. The maximum absolute atomic E-state index is 11.7. The highest BCUT2D eigenvalue weighted by Crippen LogP contribution is 2.31. The van der Waals surface area contributed by atoms with Gasteiger partial charge in [0.25, 0.3) is 0 Å². The van der Waals surface area contributed by atoms with Gasteiger partial charge in [-0.15, -0.1) is 0 Å². The molecule has 0 amide bonds. The highest BCUT2D eigenvalue weighted by Gasteiger charge is 2.34. The summed E-state index contributed by atoms with van der Waals surface area (Å²) in [5, 5.41) is 1.97. The van der Waals surface area contributed by atoms with E-state index in [9.17, 15) is 4.79 Å². The summed E-state index contributed by atoms with van der Waals surface area (Å²) in [6.07, 6.45) is 1.75. The monoisotopic (exact) mass is 290 g/mol. The Kier molecular flexibility index (Phi) is 2.75. The number of hydrogen-bond acceptors (Lipinski definition) is 3. The summed E-state index contributed by atoms with van der Waals surface area (Å²) >= 11 is 6.08. The largest absolute Gasteiger partial charge is 0.464 e. The molecule has 0 saturated carbocycles. The summed E-state index contributed by atoms with van der Waals surface area (Å²) in [4.78, 5) is 17.4. The van der Waals surface area contributed by atoms with Gasteiger partial charge in [-0.1, -0.05) is 11.6 Å². The number of halogens is 1. The third-order valence-electron chi connectivity index (χ3n) is 4.32. The average Bonchev–Trinajstić information content (AvgIpc) is 3.01. The van der Waals surface area contributed by atoms with Crippen LogP contribution in [0, 0.1) is 0 Å². The molecule has 1 N–H and O–H groups in total. The van der Waals surface area contributed by atoms with Crippen molar-refractivity contribution in [2.24, 2.45) is 0 Å². The Bertz CT molecular complexity index is 694. The van der Waals surface area contributed by atoms with E-state index in [0.29, 0.717) is 6.61 Å². The summed E-state index contributed by atoms with van der Waals surface area (Å²) in [5.41, 5.74) is 3.66. The summed E-state index contributed by atoms with van der Waals surface area (Å²) < 4.78 is 5.07. The van der Waals surface area contributed by atoms with Gasteiger partial charge in [-0.2, -0.15) is 0 Å². The van der Waals surface area contributed by atoms with Crippen LogP contribution in [0.25, 0.3) is 10.9 Å². The first-order valence-corrected chi connectivity index (χ1v) is 7.30. The first-order valence-electron chi connectivity index (χ1n) is 6.92. The van der Waals surface area contributed by atoms with E-state index >= 15 is 0 Å². The summed E-state index contributed by atoms with van der Waals surface area (Å²) in [5.74, 6) is -0.0763. The van der Waals surface area contributed by atoms with Gasteiger partial charge in [0, 0.05) is 41.1 Å². The van der Waals surface area contributed by atoms with E-state index in [1.165, 1.54) is 16.6 Å². The second kappa shape index (κ2) is 4.50. The van der Waals surface area contributed by atoms with Crippen molar-refractivity contribution < 1.29 is 9.53 Å². The molecule has 1 atom stereocenters. The summed E-state index contributed by atoms with van der Waals surface area (Å²) in [6, 6.07) is 5.87. The zero-order chi connectivity index (χ0) is 13.7. The number of nitrogens with zero attached hydrogens (tertiary/aromatic N) is 1. The molecule has 1 aromatic heterocycles. The Morgan fingerprint density at radius 2 is 2.30 bits per heavy atom. The van der Waals surface area contributed by atoms with Crippen molar-refractivity contribution in [2.75, 3.05) is 13.2 Å². The van der Waals surface area contributed by atoms with Gasteiger partial charge in [0.15, 0.2) is 0 Å². The maximum Gasteiger partial charge on any atom is 0.323 e. The number of carbonyl (C=O) groups excluding carboxylic acids is 1. The molecule has 0 spiro atoms. The van der Waals surface area contributed by atoms with Crippen molar-refractivity contribution in [1.29, 1.82) is 0 Å². The van der Waals surface area contributed by atoms with Gasteiger partial charge in [-0.05, 0) is 30.2 Å². The lowest BCUT2D eigenvalue weighted by Gasteiger charge is -2.29. The minimum atomic E-state index is -0.0763. The number of ether oxygens (including phenoxy) is 1. The molecule has 0 aliphatic carbocycles. The zero-order valence-electron chi connectivity index (χ0n) is 11.0. The van der Waals surface area contributed by atoms with E-state index in [1.807, 2.05) is 18.2 Å². The van der Waals surface area contributed by atoms with E-state index in [-0.39, 0.29) is 12.0 Å². The first-order chi connectivity index (χ1) is 9.72. The fourth-order valence-electron chi connectivity index (χ4n) is 3.32. The topological polar surface area (TPSA) is 45.3 Å². The maximum atomic E-state index is 11.7. The van der Waals surface area contributed by atoms with Crippen molar-refractivity contribution in [2.45, 2.75) is 25.4 Å². The van der Waals surface area contributed by atoms with E-state index in [4.69, 9.17) is 16.3 Å². The molecular formula is C15H15ClN2O2. The molecule has 2 aliphatic rings. The van der Waals surface area contributed by atoms with Crippen LogP contribution in [0.4, 0.5) is 0 Å². The number of rotatable bonds is 1.